The third-order valence-electron chi connectivity index (χ3n) is 5.94. The quantitative estimate of drug-likeness (QED) is 0.541. The lowest BCUT2D eigenvalue weighted by molar-refractivity contribution is -0.148. The Morgan fingerprint density at radius 3 is 2.21 bits per heavy atom. The second kappa shape index (κ2) is 8.38. The predicted molar refractivity (Wildman–Crippen MR) is 100 cm³/mol. The van der Waals surface area contributed by atoms with E-state index < -0.39 is 54.3 Å². The molecule has 10 heteroatoms. The molecule has 0 aromatic heterocycles. The van der Waals surface area contributed by atoms with Gasteiger partial charge in [0.05, 0.1) is 6.42 Å². The molecule has 10 nitrogen and oxygen atoms in total. The Balaban J connectivity index is 1.97. The largest absolute Gasteiger partial charge is 0.480 e. The van der Waals surface area contributed by atoms with Crippen LogP contribution in [0.4, 0.5) is 0 Å². The van der Waals surface area contributed by atoms with Crippen LogP contribution in [0.25, 0.3) is 0 Å². The number of rotatable bonds is 2. The highest BCUT2D eigenvalue weighted by Gasteiger charge is 2.44. The molecule has 3 heterocycles. The minimum Gasteiger partial charge on any atom is -0.480 e. The van der Waals surface area contributed by atoms with E-state index in [4.69, 9.17) is 0 Å². The van der Waals surface area contributed by atoms with Gasteiger partial charge in [-0.1, -0.05) is 13.8 Å². The van der Waals surface area contributed by atoms with Crippen molar-refractivity contribution in [1.82, 2.24) is 20.4 Å². The van der Waals surface area contributed by atoms with Crippen molar-refractivity contribution in [2.45, 2.75) is 70.1 Å². The molecule has 3 rings (SSSR count). The monoisotopic (exact) mass is 408 g/mol. The molecule has 29 heavy (non-hydrogen) atoms. The normalized spacial score (nSPS) is 31.4. The highest BCUT2D eigenvalue weighted by Crippen LogP contribution is 2.26. The average molecular weight is 408 g/mol. The highest BCUT2D eigenvalue weighted by molar-refractivity contribution is 5.97. The van der Waals surface area contributed by atoms with E-state index in [1.165, 1.54) is 9.80 Å². The topological polar surface area (TPSA) is 136 Å². The van der Waals surface area contributed by atoms with E-state index in [2.05, 4.69) is 10.6 Å². The van der Waals surface area contributed by atoms with Crippen LogP contribution in [-0.4, -0.2) is 81.8 Å². The lowest BCUT2D eigenvalue weighted by Crippen LogP contribution is -2.57. The number of amides is 4. The lowest BCUT2D eigenvalue weighted by Gasteiger charge is -2.31. The molecule has 0 radical (unpaired) electrons. The minimum absolute atomic E-state index is 0.278. The van der Waals surface area contributed by atoms with Crippen molar-refractivity contribution in [1.29, 1.82) is 0 Å². The van der Waals surface area contributed by atoms with Gasteiger partial charge in [0.25, 0.3) is 0 Å². The molecule has 4 amide bonds. The van der Waals surface area contributed by atoms with Crippen molar-refractivity contribution in [3.8, 4) is 0 Å². The van der Waals surface area contributed by atoms with Gasteiger partial charge in [0.15, 0.2) is 0 Å². The van der Waals surface area contributed by atoms with Crippen LogP contribution in [0.1, 0.15) is 46.0 Å². The molecule has 3 N–H and O–H groups in total. The summed E-state index contributed by atoms with van der Waals surface area (Å²) in [7, 11) is 0. The Hall–Kier alpha value is -2.65. The maximum absolute atomic E-state index is 13.1. The molecule has 0 bridgehead atoms. The van der Waals surface area contributed by atoms with Gasteiger partial charge < -0.3 is 25.5 Å². The fraction of sp³-hybridized carbons (Fsp3) is 0.737. The van der Waals surface area contributed by atoms with Crippen molar-refractivity contribution in [3.63, 3.8) is 0 Å². The van der Waals surface area contributed by atoms with Crippen LogP contribution in [0.15, 0.2) is 0 Å². The van der Waals surface area contributed by atoms with Crippen molar-refractivity contribution in [2.24, 2.45) is 5.92 Å². The molecule has 0 saturated carbocycles. The highest BCUT2D eigenvalue weighted by atomic mass is 16.4. The number of hydrogen-bond acceptors (Lipinski definition) is 5. The fourth-order valence-corrected chi connectivity index (χ4v) is 4.35. The summed E-state index contributed by atoms with van der Waals surface area (Å²) in [5.41, 5.74) is 0. The molecule has 3 saturated heterocycles. The van der Waals surface area contributed by atoms with E-state index in [1.807, 2.05) is 0 Å². The summed E-state index contributed by atoms with van der Waals surface area (Å²) in [6, 6.07) is -3.77. The van der Waals surface area contributed by atoms with Gasteiger partial charge in [-0.2, -0.15) is 0 Å². The molecule has 160 valence electrons. The average Bonchev–Trinajstić information content (AvgIpc) is 3.32. The van der Waals surface area contributed by atoms with Gasteiger partial charge in [-0.05, 0) is 31.6 Å². The maximum atomic E-state index is 13.1. The summed E-state index contributed by atoms with van der Waals surface area (Å²) >= 11 is 0. The van der Waals surface area contributed by atoms with Crippen LogP contribution in [0.2, 0.25) is 0 Å². The molecule has 3 aliphatic rings. The second-order valence-corrected chi connectivity index (χ2v) is 8.27. The summed E-state index contributed by atoms with van der Waals surface area (Å²) < 4.78 is 0. The molecular formula is C19H28N4O6. The Kier molecular flexibility index (Phi) is 6.09. The van der Waals surface area contributed by atoms with Gasteiger partial charge in [0, 0.05) is 13.1 Å². The first kappa shape index (κ1) is 21.1. The van der Waals surface area contributed by atoms with Crippen molar-refractivity contribution in [3.05, 3.63) is 0 Å². The molecular weight excluding hydrogens is 380 g/mol. The number of carboxylic acids is 1. The number of carbonyl (C=O) groups excluding carboxylic acids is 4. The van der Waals surface area contributed by atoms with Crippen LogP contribution >= 0.6 is 0 Å². The number of nitrogens with zero attached hydrogens (tertiary/aromatic N) is 2. The van der Waals surface area contributed by atoms with Crippen LogP contribution in [0.3, 0.4) is 0 Å². The first-order valence-corrected chi connectivity index (χ1v) is 10.1. The molecule has 3 aliphatic heterocycles. The molecule has 3 fully saturated rings. The SMILES string of the molecule is CC(C)[C@@H]1NC(=O)[C@H]2CCCN2C(=O)[C@@H]2CCCN2C(=O)C[C@H](C(=O)O)NC1=O. The number of carboxylic acid groups (broad SMARTS) is 1. The summed E-state index contributed by atoms with van der Waals surface area (Å²) in [5, 5.41) is 14.6. The molecule has 0 aliphatic carbocycles. The van der Waals surface area contributed by atoms with Crippen LogP contribution < -0.4 is 10.6 Å². The third-order valence-corrected chi connectivity index (χ3v) is 5.94. The van der Waals surface area contributed by atoms with E-state index >= 15 is 0 Å². The lowest BCUT2D eigenvalue weighted by atomic mass is 10.0. The van der Waals surface area contributed by atoms with Gasteiger partial charge in [-0.15, -0.1) is 0 Å². The van der Waals surface area contributed by atoms with E-state index in [-0.39, 0.29) is 11.8 Å². The van der Waals surface area contributed by atoms with Gasteiger partial charge in [-0.3, -0.25) is 19.2 Å². The first-order chi connectivity index (χ1) is 13.7. The van der Waals surface area contributed by atoms with Gasteiger partial charge >= 0.3 is 5.97 Å². The molecule has 4 atom stereocenters. The maximum Gasteiger partial charge on any atom is 0.326 e. The van der Waals surface area contributed by atoms with Crippen LogP contribution in [-0.2, 0) is 24.0 Å². The number of hydrogen-bond donors (Lipinski definition) is 3. The fourth-order valence-electron chi connectivity index (χ4n) is 4.35. The summed E-state index contributed by atoms with van der Waals surface area (Å²) in [6.45, 7) is 4.25. The van der Waals surface area contributed by atoms with E-state index in [9.17, 15) is 29.1 Å². The summed E-state index contributed by atoms with van der Waals surface area (Å²) in [5.74, 6) is -3.47. The van der Waals surface area contributed by atoms with Gasteiger partial charge in [0.2, 0.25) is 23.6 Å². The van der Waals surface area contributed by atoms with Crippen LogP contribution in [0.5, 0.6) is 0 Å². The first-order valence-electron chi connectivity index (χ1n) is 10.1. The Labute approximate surface area is 169 Å². The van der Waals surface area contributed by atoms with E-state index in [0.29, 0.717) is 38.8 Å². The molecule has 0 aromatic carbocycles. The Bertz CT molecular complexity index is 713. The van der Waals surface area contributed by atoms with Crippen LogP contribution in [0, 0.1) is 5.92 Å². The van der Waals surface area contributed by atoms with E-state index in [1.54, 1.807) is 13.8 Å². The number of fused-ring (bicyclic) bond motifs is 2. The standard InChI is InChI=1S/C19H28N4O6/c1-10(2)15-17(26)20-11(19(28)29)9-14(24)22-7-4-6-13(22)18(27)23-8-3-5-12(23)16(25)21-15/h10-13,15H,3-9H2,1-2H3,(H,20,26)(H,21,25)(H,28,29)/t11-,12-,13+,15+/m1/s1. The predicted octanol–water partition coefficient (Wildman–Crippen LogP) is -0.918. The van der Waals surface area contributed by atoms with Gasteiger partial charge in [0.1, 0.15) is 24.2 Å². The number of nitrogens with one attached hydrogen (secondary N) is 2. The summed E-state index contributed by atoms with van der Waals surface area (Å²) in [6.07, 6.45) is 1.83. The summed E-state index contributed by atoms with van der Waals surface area (Å²) in [4.78, 5) is 66.1. The van der Waals surface area contributed by atoms with E-state index in [0.717, 1.165) is 0 Å². The smallest absolute Gasteiger partial charge is 0.326 e. The number of carbonyl (C=O) groups is 5. The number of aliphatic carboxylic acids is 1. The zero-order chi connectivity index (χ0) is 21.3. The second-order valence-electron chi connectivity index (χ2n) is 8.27. The van der Waals surface area contributed by atoms with Crippen molar-refractivity contribution < 1.29 is 29.1 Å². The zero-order valence-corrected chi connectivity index (χ0v) is 16.7. The Morgan fingerprint density at radius 2 is 1.59 bits per heavy atom. The van der Waals surface area contributed by atoms with Gasteiger partial charge in [-0.25, -0.2) is 4.79 Å². The zero-order valence-electron chi connectivity index (χ0n) is 16.7. The van der Waals surface area contributed by atoms with Crippen molar-refractivity contribution >= 4 is 29.6 Å². The minimum atomic E-state index is -1.43. The molecule has 0 aromatic rings. The molecule has 0 unspecified atom stereocenters. The Morgan fingerprint density at radius 1 is 0.966 bits per heavy atom. The molecule has 0 spiro atoms. The third kappa shape index (κ3) is 4.20. The van der Waals surface area contributed by atoms with Crippen molar-refractivity contribution in [2.75, 3.05) is 13.1 Å².